The predicted molar refractivity (Wildman–Crippen MR) is 63.9 cm³/mol. The van der Waals surface area contributed by atoms with E-state index in [0.29, 0.717) is 19.6 Å². The van der Waals surface area contributed by atoms with Crippen molar-refractivity contribution in [1.29, 1.82) is 0 Å². The van der Waals surface area contributed by atoms with Crippen LogP contribution in [0.15, 0.2) is 10.9 Å². The first kappa shape index (κ1) is 13.4. The lowest BCUT2D eigenvalue weighted by molar-refractivity contribution is -0.141. The van der Waals surface area contributed by atoms with E-state index in [9.17, 15) is 9.59 Å². The van der Waals surface area contributed by atoms with Crippen molar-refractivity contribution in [3.05, 3.63) is 16.6 Å². The molecule has 1 rings (SSSR count). The minimum atomic E-state index is -0.442. The zero-order chi connectivity index (χ0) is 12.5. The van der Waals surface area contributed by atoms with Crippen molar-refractivity contribution >= 4 is 23.3 Å². The number of esters is 1. The molecule has 17 heavy (non-hydrogen) atoms. The second-order valence-electron chi connectivity index (χ2n) is 3.14. The van der Waals surface area contributed by atoms with Crippen LogP contribution in [0.25, 0.3) is 0 Å². The number of nitrogens with zero attached hydrogens (tertiary/aromatic N) is 1. The Morgan fingerprint density at radius 1 is 1.47 bits per heavy atom. The minimum Gasteiger partial charge on any atom is -0.465 e. The van der Waals surface area contributed by atoms with E-state index in [1.165, 1.54) is 11.3 Å². The van der Waals surface area contributed by atoms with E-state index in [1.54, 1.807) is 12.4 Å². The summed E-state index contributed by atoms with van der Waals surface area (Å²) in [5, 5.41) is 6.96. The average Bonchev–Trinajstić information content (AvgIpc) is 2.80. The van der Waals surface area contributed by atoms with Crippen LogP contribution in [0.3, 0.4) is 0 Å². The molecule has 0 saturated carbocycles. The maximum atomic E-state index is 11.2. The number of ether oxygens (including phenoxy) is 1. The van der Waals surface area contributed by atoms with Crippen molar-refractivity contribution in [2.45, 2.75) is 13.3 Å². The fraction of sp³-hybridized carbons (Fsp3) is 0.500. The molecule has 0 unspecified atom stereocenters. The molecule has 0 saturated heterocycles. The van der Waals surface area contributed by atoms with Gasteiger partial charge in [-0.15, -0.1) is 11.3 Å². The highest BCUT2D eigenvalue weighted by Gasteiger charge is 2.05. The van der Waals surface area contributed by atoms with Crippen LogP contribution in [-0.2, 0) is 16.0 Å². The smallest absolute Gasteiger partial charge is 0.325 e. The van der Waals surface area contributed by atoms with E-state index in [4.69, 9.17) is 0 Å². The Bertz CT molecular complexity index is 354. The van der Waals surface area contributed by atoms with Gasteiger partial charge in [0.05, 0.1) is 17.8 Å². The first-order valence-corrected chi connectivity index (χ1v) is 6.21. The van der Waals surface area contributed by atoms with Crippen molar-refractivity contribution < 1.29 is 14.3 Å². The van der Waals surface area contributed by atoms with E-state index >= 15 is 0 Å². The summed E-state index contributed by atoms with van der Waals surface area (Å²) in [4.78, 5) is 26.3. The predicted octanol–water partition coefficient (Wildman–Crippen LogP) is 0.548. The summed E-state index contributed by atoms with van der Waals surface area (Å²) in [6.45, 7) is 2.40. The lowest BCUT2D eigenvalue weighted by Crippen LogP contribution is -2.39. The van der Waals surface area contributed by atoms with E-state index < -0.39 is 5.97 Å². The molecular weight excluding hydrogens is 242 g/mol. The van der Waals surface area contributed by atoms with Crippen LogP contribution < -0.4 is 10.6 Å². The Morgan fingerprint density at radius 3 is 2.94 bits per heavy atom. The molecule has 0 bridgehead atoms. The summed E-state index contributed by atoms with van der Waals surface area (Å²) in [5.41, 5.74) is 2.69. The Labute approximate surface area is 103 Å². The second kappa shape index (κ2) is 7.61. The van der Waals surface area contributed by atoms with Gasteiger partial charge in [0.25, 0.3) is 0 Å². The number of hydrogen-bond donors (Lipinski definition) is 2. The van der Waals surface area contributed by atoms with E-state index in [-0.39, 0.29) is 12.6 Å². The van der Waals surface area contributed by atoms with Gasteiger partial charge in [0.1, 0.15) is 6.54 Å². The molecule has 0 aromatic carbocycles. The summed E-state index contributed by atoms with van der Waals surface area (Å²) in [6, 6.07) is -0.381. The molecule has 2 amide bonds. The van der Waals surface area contributed by atoms with Crippen LogP contribution in [0, 0.1) is 0 Å². The number of carbonyl (C=O) groups excluding carboxylic acids is 2. The Hall–Kier alpha value is -1.63. The van der Waals surface area contributed by atoms with Crippen molar-refractivity contribution in [3.8, 4) is 0 Å². The average molecular weight is 257 g/mol. The zero-order valence-electron chi connectivity index (χ0n) is 9.56. The molecule has 0 aliphatic heterocycles. The van der Waals surface area contributed by atoms with Crippen molar-refractivity contribution in [1.82, 2.24) is 15.6 Å². The molecule has 0 spiro atoms. The maximum Gasteiger partial charge on any atom is 0.325 e. The monoisotopic (exact) mass is 257 g/mol. The summed E-state index contributed by atoms with van der Waals surface area (Å²) in [5.74, 6) is -0.442. The number of hydrogen-bond acceptors (Lipinski definition) is 5. The van der Waals surface area contributed by atoms with Crippen LogP contribution in [0.4, 0.5) is 4.79 Å². The van der Waals surface area contributed by atoms with Gasteiger partial charge in [-0.1, -0.05) is 0 Å². The largest absolute Gasteiger partial charge is 0.465 e. The Balaban J connectivity index is 2.07. The van der Waals surface area contributed by atoms with Crippen molar-refractivity contribution in [2.24, 2.45) is 0 Å². The molecule has 2 N–H and O–H groups in total. The number of amides is 2. The highest BCUT2D eigenvalue weighted by Crippen LogP contribution is 2.00. The molecule has 1 aromatic heterocycles. The zero-order valence-corrected chi connectivity index (χ0v) is 10.4. The molecule has 1 aromatic rings. The first-order chi connectivity index (χ1) is 8.22. The van der Waals surface area contributed by atoms with E-state index in [2.05, 4.69) is 20.4 Å². The van der Waals surface area contributed by atoms with Crippen LogP contribution in [-0.4, -0.2) is 36.7 Å². The molecule has 0 aliphatic carbocycles. The molecule has 0 aliphatic rings. The number of nitrogens with one attached hydrogen (secondary N) is 2. The molecular formula is C10H15N3O3S. The molecule has 0 atom stereocenters. The van der Waals surface area contributed by atoms with Crippen molar-refractivity contribution in [2.75, 3.05) is 19.7 Å². The van der Waals surface area contributed by atoms with E-state index in [1.807, 2.05) is 5.38 Å². The fourth-order valence-corrected chi connectivity index (χ4v) is 1.68. The number of rotatable bonds is 6. The first-order valence-electron chi connectivity index (χ1n) is 5.26. The minimum absolute atomic E-state index is 0.115. The molecule has 0 fully saturated rings. The summed E-state index contributed by atoms with van der Waals surface area (Å²) >= 11 is 1.52. The van der Waals surface area contributed by atoms with Gasteiger partial charge in [0.2, 0.25) is 0 Å². The summed E-state index contributed by atoms with van der Waals surface area (Å²) in [7, 11) is 0. The normalized spacial score (nSPS) is 9.71. The number of thiazole rings is 1. The van der Waals surface area contributed by atoms with Gasteiger partial charge < -0.3 is 15.4 Å². The number of urea groups is 1. The van der Waals surface area contributed by atoms with Crippen LogP contribution in [0.2, 0.25) is 0 Å². The van der Waals surface area contributed by atoms with Gasteiger partial charge in [0, 0.05) is 18.3 Å². The maximum absolute atomic E-state index is 11.2. The fourth-order valence-electron chi connectivity index (χ4n) is 1.09. The van der Waals surface area contributed by atoms with Crippen molar-refractivity contribution in [3.63, 3.8) is 0 Å². The van der Waals surface area contributed by atoms with Gasteiger partial charge in [-0.3, -0.25) is 4.79 Å². The molecule has 0 radical (unpaired) electrons. The SMILES string of the molecule is CCOC(=O)CNC(=O)NCCc1cscn1. The quantitative estimate of drug-likeness (QED) is 0.729. The van der Waals surface area contributed by atoms with Crippen LogP contribution >= 0.6 is 11.3 Å². The van der Waals surface area contributed by atoms with Gasteiger partial charge in [-0.25, -0.2) is 9.78 Å². The van der Waals surface area contributed by atoms with E-state index in [0.717, 1.165) is 5.69 Å². The summed E-state index contributed by atoms with van der Waals surface area (Å²) < 4.78 is 4.67. The Morgan fingerprint density at radius 2 is 2.29 bits per heavy atom. The standard InChI is InChI=1S/C10H15N3O3S/c1-2-16-9(14)5-12-10(15)11-4-3-8-6-17-7-13-8/h6-7H,2-5H2,1H3,(H2,11,12,15). The highest BCUT2D eigenvalue weighted by molar-refractivity contribution is 7.07. The van der Waals surface area contributed by atoms with Gasteiger partial charge in [-0.05, 0) is 6.92 Å². The number of carbonyl (C=O) groups is 2. The van der Waals surface area contributed by atoms with Gasteiger partial charge in [0.15, 0.2) is 0 Å². The van der Waals surface area contributed by atoms with Gasteiger partial charge >= 0.3 is 12.0 Å². The van der Waals surface area contributed by atoms with Crippen LogP contribution in [0.1, 0.15) is 12.6 Å². The topological polar surface area (TPSA) is 80.3 Å². The summed E-state index contributed by atoms with van der Waals surface area (Å²) in [6.07, 6.45) is 0.677. The lowest BCUT2D eigenvalue weighted by Gasteiger charge is -2.06. The van der Waals surface area contributed by atoms with Gasteiger partial charge in [-0.2, -0.15) is 0 Å². The molecule has 6 nitrogen and oxygen atoms in total. The second-order valence-corrected chi connectivity index (χ2v) is 3.86. The third kappa shape index (κ3) is 5.86. The third-order valence-corrected chi connectivity index (χ3v) is 2.48. The third-order valence-electron chi connectivity index (χ3n) is 1.85. The molecule has 7 heteroatoms. The lowest BCUT2D eigenvalue weighted by atomic mass is 10.3. The number of aromatic nitrogens is 1. The Kier molecular flexibility index (Phi) is 6.02. The highest BCUT2D eigenvalue weighted by atomic mass is 32.1. The molecule has 94 valence electrons. The van der Waals surface area contributed by atoms with Crippen LogP contribution in [0.5, 0.6) is 0 Å². The molecule has 1 heterocycles.